The zero-order valence-electron chi connectivity index (χ0n) is 12.0. The molecule has 0 aliphatic carbocycles. The summed E-state index contributed by atoms with van der Waals surface area (Å²) in [4.78, 5) is 13.2. The first-order chi connectivity index (χ1) is 10.3. The number of hydrogen-bond acceptors (Lipinski definition) is 4. The Labute approximate surface area is 130 Å². The van der Waals surface area contributed by atoms with E-state index in [1.54, 1.807) is 12.4 Å². The molecule has 0 atom stereocenters. The van der Waals surface area contributed by atoms with E-state index in [-0.39, 0.29) is 0 Å². The fourth-order valence-electron chi connectivity index (χ4n) is 2.62. The van der Waals surface area contributed by atoms with E-state index in [4.69, 9.17) is 11.6 Å². The van der Waals surface area contributed by atoms with Gasteiger partial charge >= 0.3 is 0 Å². The highest BCUT2D eigenvalue weighted by atomic mass is 35.5. The highest BCUT2D eigenvalue weighted by Crippen LogP contribution is 2.15. The Hall–Kier alpha value is -1.65. The van der Waals surface area contributed by atoms with Crippen LogP contribution >= 0.6 is 11.6 Å². The molecule has 1 aromatic heterocycles. The second kappa shape index (κ2) is 6.87. The minimum Gasteiger partial charge on any atom is -0.353 e. The average Bonchev–Trinajstić information content (AvgIpc) is 2.54. The highest BCUT2D eigenvalue weighted by molar-refractivity contribution is 6.29. The lowest BCUT2D eigenvalue weighted by atomic mass is 10.1. The molecule has 0 amide bonds. The van der Waals surface area contributed by atoms with Crippen molar-refractivity contribution in [1.82, 2.24) is 14.9 Å². The third-order valence-corrected chi connectivity index (χ3v) is 4.03. The largest absolute Gasteiger partial charge is 0.353 e. The Morgan fingerprint density at radius 1 is 1.00 bits per heavy atom. The molecule has 2 heterocycles. The van der Waals surface area contributed by atoms with Crippen LogP contribution in [0.3, 0.4) is 0 Å². The van der Waals surface area contributed by atoms with Crippen molar-refractivity contribution in [2.24, 2.45) is 0 Å². The van der Waals surface area contributed by atoms with Crippen molar-refractivity contribution >= 4 is 17.4 Å². The molecule has 4 nitrogen and oxygen atoms in total. The van der Waals surface area contributed by atoms with E-state index < -0.39 is 0 Å². The van der Waals surface area contributed by atoms with Crippen molar-refractivity contribution in [3.05, 3.63) is 53.4 Å². The fourth-order valence-corrected chi connectivity index (χ4v) is 2.76. The molecule has 2 aromatic rings. The van der Waals surface area contributed by atoms with Crippen LogP contribution in [0.2, 0.25) is 5.15 Å². The highest BCUT2D eigenvalue weighted by Gasteiger charge is 2.18. The average molecular weight is 303 g/mol. The molecule has 0 radical (unpaired) electrons. The van der Waals surface area contributed by atoms with Gasteiger partial charge in [-0.25, -0.2) is 4.98 Å². The van der Waals surface area contributed by atoms with Crippen LogP contribution in [-0.4, -0.2) is 47.6 Å². The molecule has 1 aliphatic rings. The van der Waals surface area contributed by atoms with Crippen LogP contribution in [0, 0.1) is 0 Å². The van der Waals surface area contributed by atoms with Gasteiger partial charge in [-0.15, -0.1) is 0 Å². The standard InChI is InChI=1S/C16H19ClN4/c17-15-12-18-13-16(19-15)21-10-8-20(9-11-21)7-6-14-4-2-1-3-5-14/h1-5,12-13H,6-11H2. The van der Waals surface area contributed by atoms with Gasteiger partial charge < -0.3 is 4.90 Å². The molecule has 1 aromatic carbocycles. The molecule has 3 rings (SSSR count). The maximum absolute atomic E-state index is 5.90. The van der Waals surface area contributed by atoms with Gasteiger partial charge in [0, 0.05) is 32.7 Å². The lowest BCUT2D eigenvalue weighted by Gasteiger charge is -2.35. The van der Waals surface area contributed by atoms with Crippen LogP contribution in [0.15, 0.2) is 42.7 Å². The zero-order valence-corrected chi connectivity index (χ0v) is 12.7. The molecule has 5 heteroatoms. The van der Waals surface area contributed by atoms with Crippen molar-refractivity contribution in [1.29, 1.82) is 0 Å². The van der Waals surface area contributed by atoms with Gasteiger partial charge in [0.05, 0.1) is 12.4 Å². The number of nitrogens with zero attached hydrogens (tertiary/aromatic N) is 4. The third kappa shape index (κ3) is 3.93. The molecule has 0 unspecified atom stereocenters. The molecule has 1 fully saturated rings. The maximum Gasteiger partial charge on any atom is 0.149 e. The zero-order chi connectivity index (χ0) is 14.5. The van der Waals surface area contributed by atoms with Gasteiger partial charge in [-0.05, 0) is 12.0 Å². The topological polar surface area (TPSA) is 32.3 Å². The first-order valence-corrected chi connectivity index (χ1v) is 7.68. The van der Waals surface area contributed by atoms with E-state index >= 15 is 0 Å². The second-order valence-corrected chi connectivity index (χ2v) is 5.65. The first kappa shape index (κ1) is 14.3. The van der Waals surface area contributed by atoms with Crippen LogP contribution in [0.1, 0.15) is 5.56 Å². The fraction of sp³-hybridized carbons (Fsp3) is 0.375. The summed E-state index contributed by atoms with van der Waals surface area (Å²) in [5.74, 6) is 0.880. The third-order valence-electron chi connectivity index (χ3n) is 3.85. The van der Waals surface area contributed by atoms with Gasteiger partial charge in [0.15, 0.2) is 0 Å². The lowest BCUT2D eigenvalue weighted by molar-refractivity contribution is 0.260. The number of halogens is 1. The summed E-state index contributed by atoms with van der Waals surface area (Å²) in [6.45, 7) is 5.18. The predicted molar refractivity (Wildman–Crippen MR) is 85.8 cm³/mol. The van der Waals surface area contributed by atoms with E-state index in [1.807, 2.05) is 0 Å². The molecule has 0 bridgehead atoms. The van der Waals surface area contributed by atoms with Gasteiger partial charge in [0.2, 0.25) is 0 Å². The Morgan fingerprint density at radius 3 is 2.48 bits per heavy atom. The van der Waals surface area contributed by atoms with E-state index in [0.717, 1.165) is 45.0 Å². The van der Waals surface area contributed by atoms with Crippen LogP contribution < -0.4 is 4.90 Å². The monoisotopic (exact) mass is 302 g/mol. The SMILES string of the molecule is Clc1cncc(N2CCN(CCc3ccccc3)CC2)n1. The quantitative estimate of drug-likeness (QED) is 0.868. The van der Waals surface area contributed by atoms with Crippen molar-refractivity contribution in [2.75, 3.05) is 37.6 Å². The first-order valence-electron chi connectivity index (χ1n) is 7.30. The summed E-state index contributed by atoms with van der Waals surface area (Å²) in [7, 11) is 0. The van der Waals surface area contributed by atoms with Gasteiger partial charge in [0.25, 0.3) is 0 Å². The number of benzene rings is 1. The number of rotatable bonds is 4. The number of aromatic nitrogens is 2. The second-order valence-electron chi connectivity index (χ2n) is 5.26. The summed E-state index contributed by atoms with van der Waals surface area (Å²) in [6, 6.07) is 10.7. The van der Waals surface area contributed by atoms with Crippen molar-refractivity contribution in [2.45, 2.75) is 6.42 Å². The van der Waals surface area contributed by atoms with Crippen LogP contribution in [0.5, 0.6) is 0 Å². The minimum atomic E-state index is 0.457. The Morgan fingerprint density at radius 2 is 1.76 bits per heavy atom. The smallest absolute Gasteiger partial charge is 0.149 e. The van der Waals surface area contributed by atoms with Crippen molar-refractivity contribution in [3.63, 3.8) is 0 Å². The minimum absolute atomic E-state index is 0.457. The van der Waals surface area contributed by atoms with E-state index in [9.17, 15) is 0 Å². The predicted octanol–water partition coefficient (Wildman–Crippen LogP) is 2.49. The van der Waals surface area contributed by atoms with Crippen molar-refractivity contribution < 1.29 is 0 Å². The summed E-state index contributed by atoms with van der Waals surface area (Å²) in [6.07, 6.45) is 4.46. The summed E-state index contributed by atoms with van der Waals surface area (Å²) in [5, 5.41) is 0.457. The maximum atomic E-state index is 5.90. The molecule has 1 aliphatic heterocycles. The van der Waals surface area contributed by atoms with Crippen molar-refractivity contribution in [3.8, 4) is 0 Å². The Balaban J connectivity index is 1.49. The molecular formula is C16H19ClN4. The number of anilines is 1. The molecule has 0 spiro atoms. The molecule has 110 valence electrons. The van der Waals surface area contributed by atoms with Crippen LogP contribution in [0.4, 0.5) is 5.82 Å². The summed E-state index contributed by atoms with van der Waals surface area (Å²) < 4.78 is 0. The van der Waals surface area contributed by atoms with E-state index in [2.05, 4.69) is 50.1 Å². The molecule has 1 saturated heterocycles. The lowest BCUT2D eigenvalue weighted by Crippen LogP contribution is -2.47. The summed E-state index contributed by atoms with van der Waals surface area (Å²) >= 11 is 5.90. The Kier molecular flexibility index (Phi) is 4.68. The van der Waals surface area contributed by atoms with Gasteiger partial charge in [0.1, 0.15) is 11.0 Å². The Bertz CT molecular complexity index is 567. The molecule has 0 N–H and O–H groups in total. The van der Waals surface area contributed by atoms with E-state index in [1.165, 1.54) is 5.56 Å². The molecule has 21 heavy (non-hydrogen) atoms. The molecule has 0 saturated carbocycles. The van der Waals surface area contributed by atoms with E-state index in [0.29, 0.717) is 5.15 Å². The normalized spacial score (nSPS) is 16.1. The van der Waals surface area contributed by atoms with Crippen LogP contribution in [-0.2, 0) is 6.42 Å². The van der Waals surface area contributed by atoms with Gasteiger partial charge in [-0.2, -0.15) is 0 Å². The number of piperazine rings is 1. The number of hydrogen-bond donors (Lipinski definition) is 0. The van der Waals surface area contributed by atoms with Gasteiger partial charge in [-0.1, -0.05) is 41.9 Å². The van der Waals surface area contributed by atoms with Gasteiger partial charge in [-0.3, -0.25) is 9.88 Å². The molecular weight excluding hydrogens is 284 g/mol. The van der Waals surface area contributed by atoms with Crippen LogP contribution in [0.25, 0.3) is 0 Å². The summed E-state index contributed by atoms with van der Waals surface area (Å²) in [5.41, 5.74) is 1.40.